The third-order valence-electron chi connectivity index (χ3n) is 2.73. The molecule has 0 aliphatic rings. The monoisotopic (exact) mass is 314 g/mol. The van der Waals surface area contributed by atoms with Crippen molar-refractivity contribution < 1.29 is 24.2 Å². The maximum Gasteiger partial charge on any atom is 0.332 e. The quantitative estimate of drug-likeness (QED) is 0.590. The lowest BCUT2D eigenvalue weighted by Gasteiger charge is -2.10. The van der Waals surface area contributed by atoms with E-state index in [-0.39, 0.29) is 31.1 Å². The molecule has 1 aromatic rings. The number of hydrogen-bond donors (Lipinski definition) is 1. The molecule has 0 aliphatic heterocycles. The van der Waals surface area contributed by atoms with E-state index in [1.165, 1.54) is 6.07 Å². The number of rotatable bonds is 8. The van der Waals surface area contributed by atoms with Gasteiger partial charge in [0, 0.05) is 5.02 Å². The highest BCUT2D eigenvalue weighted by atomic mass is 35.5. The molecular formula is C15H19ClO5. The number of benzene rings is 1. The van der Waals surface area contributed by atoms with E-state index in [1.807, 2.05) is 6.92 Å². The second-order valence-corrected chi connectivity index (χ2v) is 4.87. The molecule has 0 spiro atoms. The van der Waals surface area contributed by atoms with Crippen molar-refractivity contribution >= 4 is 23.4 Å². The van der Waals surface area contributed by atoms with Crippen LogP contribution < -0.4 is 0 Å². The van der Waals surface area contributed by atoms with Crippen LogP contribution in [0.2, 0.25) is 5.02 Å². The number of aryl methyl sites for hydroxylation is 1. The fourth-order valence-corrected chi connectivity index (χ4v) is 2.08. The molecule has 5 nitrogen and oxygen atoms in total. The largest absolute Gasteiger partial charge is 0.507 e. The number of aromatic hydroxyl groups is 1. The van der Waals surface area contributed by atoms with Gasteiger partial charge in [-0.05, 0) is 31.0 Å². The summed E-state index contributed by atoms with van der Waals surface area (Å²) in [7, 11) is 0. The van der Waals surface area contributed by atoms with Crippen molar-refractivity contribution in [2.75, 3.05) is 19.8 Å². The summed E-state index contributed by atoms with van der Waals surface area (Å²) in [6.07, 6.45) is 1.44. The fourth-order valence-electron chi connectivity index (χ4n) is 1.84. The average Bonchev–Trinajstić information content (AvgIpc) is 2.43. The van der Waals surface area contributed by atoms with Crippen LogP contribution >= 0.6 is 11.6 Å². The number of Topliss-reactive ketones (excluding diaryl/α,β-unsaturated/α-hetero) is 1. The number of halogens is 1. The van der Waals surface area contributed by atoms with Crippen molar-refractivity contribution in [1.82, 2.24) is 0 Å². The van der Waals surface area contributed by atoms with Gasteiger partial charge in [0.1, 0.15) is 19.0 Å². The second kappa shape index (κ2) is 8.64. The maximum absolute atomic E-state index is 12.0. The lowest BCUT2D eigenvalue weighted by atomic mass is 10.0. The molecule has 0 bridgehead atoms. The number of phenolic OH excluding ortho intramolecular Hbond substituents is 1. The Morgan fingerprint density at radius 2 is 1.95 bits per heavy atom. The molecule has 1 rings (SSSR count). The van der Waals surface area contributed by atoms with E-state index in [0.717, 1.165) is 6.42 Å². The van der Waals surface area contributed by atoms with Gasteiger partial charge in [-0.25, -0.2) is 4.79 Å². The predicted molar refractivity (Wildman–Crippen MR) is 78.9 cm³/mol. The van der Waals surface area contributed by atoms with E-state index in [2.05, 4.69) is 4.74 Å². The smallest absolute Gasteiger partial charge is 0.332 e. The first-order chi connectivity index (χ1) is 9.99. The van der Waals surface area contributed by atoms with Crippen molar-refractivity contribution in [3.63, 3.8) is 0 Å². The first-order valence-electron chi connectivity index (χ1n) is 6.77. The molecule has 116 valence electrons. The summed E-state index contributed by atoms with van der Waals surface area (Å²) >= 11 is 5.95. The molecule has 0 aromatic heterocycles. The number of hydrogen-bond acceptors (Lipinski definition) is 5. The number of ether oxygens (including phenoxy) is 2. The molecule has 1 N–H and O–H groups in total. The van der Waals surface area contributed by atoms with Crippen molar-refractivity contribution in [2.45, 2.75) is 26.7 Å². The Balaban J connectivity index is 2.71. The van der Waals surface area contributed by atoms with Gasteiger partial charge in [0.15, 0.2) is 5.78 Å². The van der Waals surface area contributed by atoms with Gasteiger partial charge >= 0.3 is 5.97 Å². The zero-order valence-electron chi connectivity index (χ0n) is 12.1. The highest BCUT2D eigenvalue weighted by molar-refractivity contribution is 6.31. The highest BCUT2D eigenvalue weighted by Crippen LogP contribution is 2.28. The van der Waals surface area contributed by atoms with Gasteiger partial charge in [0.2, 0.25) is 0 Å². The van der Waals surface area contributed by atoms with Gasteiger partial charge in [-0.15, -0.1) is 0 Å². The minimum absolute atomic E-state index is 0.0778. The molecule has 0 fully saturated rings. The van der Waals surface area contributed by atoms with Crippen LogP contribution in [0.25, 0.3) is 0 Å². The third kappa shape index (κ3) is 5.36. The van der Waals surface area contributed by atoms with Crippen LogP contribution in [0.4, 0.5) is 0 Å². The summed E-state index contributed by atoms with van der Waals surface area (Å²) < 4.78 is 9.66. The van der Waals surface area contributed by atoms with Crippen LogP contribution in [-0.4, -0.2) is 36.7 Å². The Morgan fingerprint density at radius 1 is 1.24 bits per heavy atom. The fraction of sp³-hybridized carbons (Fsp3) is 0.467. The molecule has 0 saturated heterocycles. The summed E-state index contributed by atoms with van der Waals surface area (Å²) in [5, 5.41) is 10.5. The first kappa shape index (κ1) is 17.5. The first-order valence-corrected chi connectivity index (χ1v) is 7.15. The molecule has 0 heterocycles. The Morgan fingerprint density at radius 3 is 2.57 bits per heavy atom. The van der Waals surface area contributed by atoms with Crippen molar-refractivity contribution in [2.24, 2.45) is 0 Å². The molecule has 0 unspecified atom stereocenters. The number of ketones is 1. The van der Waals surface area contributed by atoms with Crippen molar-refractivity contribution in [1.29, 1.82) is 0 Å². The van der Waals surface area contributed by atoms with Gasteiger partial charge in [-0.1, -0.05) is 24.9 Å². The topological polar surface area (TPSA) is 72.8 Å². The van der Waals surface area contributed by atoms with E-state index in [9.17, 15) is 14.7 Å². The van der Waals surface area contributed by atoms with E-state index < -0.39 is 11.8 Å². The maximum atomic E-state index is 12.0. The predicted octanol–water partition coefficient (Wildman–Crippen LogP) is 2.76. The Labute approximate surface area is 128 Å². The number of carbonyl (C=O) groups excluding carboxylic acids is 2. The highest BCUT2D eigenvalue weighted by Gasteiger charge is 2.16. The van der Waals surface area contributed by atoms with Crippen LogP contribution in [0.1, 0.15) is 36.2 Å². The van der Waals surface area contributed by atoms with Gasteiger partial charge < -0.3 is 14.6 Å². The average molecular weight is 315 g/mol. The summed E-state index contributed by atoms with van der Waals surface area (Å²) in [6, 6.07) is 3.03. The molecular weight excluding hydrogens is 296 g/mol. The van der Waals surface area contributed by atoms with Gasteiger partial charge in [0.05, 0.1) is 12.2 Å². The number of carbonyl (C=O) groups is 2. The minimum atomic E-state index is -0.535. The summed E-state index contributed by atoms with van der Waals surface area (Å²) in [5.41, 5.74) is 0.730. The lowest BCUT2D eigenvalue weighted by molar-refractivity contribution is -0.147. The minimum Gasteiger partial charge on any atom is -0.507 e. The summed E-state index contributed by atoms with van der Waals surface area (Å²) in [6.45, 7) is 3.28. The normalized spacial score (nSPS) is 10.4. The Kier molecular flexibility index (Phi) is 7.19. The molecule has 0 aliphatic carbocycles. The van der Waals surface area contributed by atoms with Gasteiger partial charge in [-0.3, -0.25) is 4.79 Å². The third-order valence-corrected chi connectivity index (χ3v) is 2.95. The van der Waals surface area contributed by atoms with E-state index in [4.69, 9.17) is 16.3 Å². The summed E-state index contributed by atoms with van der Waals surface area (Å²) in [4.78, 5) is 23.1. The molecule has 0 atom stereocenters. The van der Waals surface area contributed by atoms with Gasteiger partial charge in [0.25, 0.3) is 0 Å². The van der Waals surface area contributed by atoms with Crippen molar-refractivity contribution in [3.8, 4) is 5.75 Å². The Hall–Kier alpha value is -1.59. The molecule has 21 heavy (non-hydrogen) atoms. The van der Waals surface area contributed by atoms with E-state index in [1.54, 1.807) is 13.0 Å². The standard InChI is InChI=1S/C15H19ClO5/c1-3-5-10-6-11(16)7-12(15(10)19)13(17)8-20-9-14(18)21-4-2/h6-7,19H,3-5,8-9H2,1-2H3. The van der Waals surface area contributed by atoms with Crippen LogP contribution in [0, 0.1) is 0 Å². The number of esters is 1. The summed E-state index contributed by atoms with van der Waals surface area (Å²) in [5.74, 6) is -1.05. The molecule has 0 amide bonds. The van der Waals surface area contributed by atoms with Crippen LogP contribution in [-0.2, 0) is 20.7 Å². The van der Waals surface area contributed by atoms with Crippen molar-refractivity contribution in [3.05, 3.63) is 28.3 Å². The zero-order valence-corrected chi connectivity index (χ0v) is 12.9. The molecule has 0 saturated carbocycles. The van der Waals surface area contributed by atoms with Crippen LogP contribution in [0.3, 0.4) is 0 Å². The second-order valence-electron chi connectivity index (χ2n) is 4.43. The van der Waals surface area contributed by atoms with Gasteiger partial charge in [-0.2, -0.15) is 0 Å². The lowest BCUT2D eigenvalue weighted by Crippen LogP contribution is -2.17. The SMILES string of the molecule is CCCc1cc(Cl)cc(C(=O)COCC(=O)OCC)c1O. The molecule has 0 radical (unpaired) electrons. The molecule has 1 aromatic carbocycles. The molecule has 6 heteroatoms. The van der Waals surface area contributed by atoms with E-state index in [0.29, 0.717) is 17.0 Å². The zero-order chi connectivity index (χ0) is 15.8. The van der Waals surface area contributed by atoms with Crippen LogP contribution in [0.15, 0.2) is 12.1 Å². The van der Waals surface area contributed by atoms with E-state index >= 15 is 0 Å². The van der Waals surface area contributed by atoms with Crippen LogP contribution in [0.5, 0.6) is 5.75 Å². The Bertz CT molecular complexity index is 513. The number of phenols is 1.